The van der Waals surface area contributed by atoms with Gasteiger partial charge in [0.1, 0.15) is 4.88 Å². The summed E-state index contributed by atoms with van der Waals surface area (Å²) < 4.78 is 40.3. The molecule has 1 atom stereocenters. The molecule has 0 spiro atoms. The van der Waals surface area contributed by atoms with Crippen LogP contribution < -0.4 is 0 Å². The highest BCUT2D eigenvalue weighted by molar-refractivity contribution is 7.21. The Kier molecular flexibility index (Phi) is 3.66. The Bertz CT molecular complexity index is 833. The largest absolute Gasteiger partial charge is 0.438 e. The van der Waals surface area contributed by atoms with Gasteiger partial charge >= 0.3 is 6.18 Å². The number of aliphatic hydroxyl groups is 1. The molecular formula is C14H10ClF3N2O2S. The minimum Gasteiger partial charge on any atom is -0.362 e. The van der Waals surface area contributed by atoms with Crippen LogP contribution in [0.1, 0.15) is 23.0 Å². The van der Waals surface area contributed by atoms with E-state index in [9.17, 15) is 23.1 Å². The first kappa shape index (κ1) is 16.2. The number of hydrazone groups is 1. The molecule has 0 fully saturated rings. The number of nitrogens with zero attached hydrogens (tertiary/aromatic N) is 2. The minimum atomic E-state index is -5.03. The molecule has 1 N–H and O–H groups in total. The second-order valence-corrected chi connectivity index (χ2v) is 6.61. The molecule has 1 aliphatic rings. The Morgan fingerprint density at radius 3 is 2.70 bits per heavy atom. The van der Waals surface area contributed by atoms with Gasteiger partial charge in [0.05, 0.1) is 5.02 Å². The first-order valence-electron chi connectivity index (χ1n) is 6.50. The van der Waals surface area contributed by atoms with Crippen molar-refractivity contribution in [2.45, 2.75) is 25.2 Å². The highest BCUT2D eigenvalue weighted by Gasteiger charge is 2.63. The molecule has 0 saturated carbocycles. The van der Waals surface area contributed by atoms with Crippen LogP contribution in [-0.4, -0.2) is 33.6 Å². The molecule has 23 heavy (non-hydrogen) atoms. The maximum atomic E-state index is 13.2. The zero-order chi connectivity index (χ0) is 17.0. The van der Waals surface area contributed by atoms with Crippen molar-refractivity contribution in [3.05, 3.63) is 34.2 Å². The fourth-order valence-corrected chi connectivity index (χ4v) is 3.84. The maximum Gasteiger partial charge on any atom is 0.438 e. The van der Waals surface area contributed by atoms with E-state index >= 15 is 0 Å². The molecule has 0 saturated heterocycles. The molecule has 0 aliphatic carbocycles. The van der Waals surface area contributed by atoms with Gasteiger partial charge in [0.2, 0.25) is 0 Å². The Labute approximate surface area is 137 Å². The number of hydrogen-bond donors (Lipinski definition) is 1. The molecule has 9 heteroatoms. The van der Waals surface area contributed by atoms with Crippen LogP contribution in [0, 0.1) is 0 Å². The number of fused-ring (bicyclic) bond motifs is 1. The average molecular weight is 363 g/mol. The van der Waals surface area contributed by atoms with Crippen molar-refractivity contribution in [1.29, 1.82) is 0 Å². The molecule has 0 unspecified atom stereocenters. The van der Waals surface area contributed by atoms with Gasteiger partial charge < -0.3 is 5.11 Å². The smallest absolute Gasteiger partial charge is 0.362 e. The van der Waals surface area contributed by atoms with Crippen molar-refractivity contribution in [3.63, 3.8) is 0 Å². The van der Waals surface area contributed by atoms with Crippen molar-refractivity contribution in [2.24, 2.45) is 5.10 Å². The monoisotopic (exact) mass is 362 g/mol. The van der Waals surface area contributed by atoms with Crippen molar-refractivity contribution in [2.75, 3.05) is 0 Å². The number of carbonyl (C=O) groups excluding carboxylic acids is 1. The van der Waals surface area contributed by atoms with Gasteiger partial charge in [-0.15, -0.1) is 11.3 Å². The number of amides is 1. The van der Waals surface area contributed by atoms with Crippen molar-refractivity contribution in [3.8, 4) is 0 Å². The van der Waals surface area contributed by atoms with Crippen LogP contribution in [0.15, 0.2) is 29.4 Å². The molecule has 1 aliphatic heterocycles. The van der Waals surface area contributed by atoms with Gasteiger partial charge in [0.25, 0.3) is 11.6 Å². The van der Waals surface area contributed by atoms with Gasteiger partial charge in [-0.2, -0.15) is 23.3 Å². The van der Waals surface area contributed by atoms with Gasteiger partial charge in [0.15, 0.2) is 0 Å². The SMILES string of the molecule is CC1=NN(C(=O)c2sc3ccccc3c2Cl)[C@](O)(C(F)(F)F)C1. The van der Waals surface area contributed by atoms with Crippen LogP contribution in [0.4, 0.5) is 13.2 Å². The Morgan fingerprint density at radius 2 is 2.09 bits per heavy atom. The van der Waals surface area contributed by atoms with Crippen LogP contribution in [0.2, 0.25) is 5.02 Å². The summed E-state index contributed by atoms with van der Waals surface area (Å²) in [5.41, 5.74) is -3.34. The lowest BCUT2D eigenvalue weighted by Crippen LogP contribution is -2.56. The van der Waals surface area contributed by atoms with Crippen LogP contribution >= 0.6 is 22.9 Å². The third kappa shape index (κ3) is 2.41. The Morgan fingerprint density at radius 1 is 1.43 bits per heavy atom. The van der Waals surface area contributed by atoms with E-state index in [1.54, 1.807) is 24.3 Å². The van der Waals surface area contributed by atoms with Gasteiger partial charge in [-0.3, -0.25) is 4.79 Å². The molecule has 0 radical (unpaired) electrons. The van der Waals surface area contributed by atoms with E-state index in [4.69, 9.17) is 11.6 Å². The normalized spacial score (nSPS) is 21.8. The highest BCUT2D eigenvalue weighted by Crippen LogP contribution is 2.43. The fourth-order valence-electron chi connectivity index (χ4n) is 2.40. The lowest BCUT2D eigenvalue weighted by molar-refractivity contribution is -0.297. The van der Waals surface area contributed by atoms with Gasteiger partial charge in [-0.05, 0) is 13.0 Å². The Balaban J connectivity index is 2.09. The molecule has 1 aromatic heterocycles. The van der Waals surface area contributed by atoms with Gasteiger partial charge in [-0.25, -0.2) is 0 Å². The molecule has 4 nitrogen and oxygen atoms in total. The molecular weight excluding hydrogens is 353 g/mol. The van der Waals surface area contributed by atoms with E-state index in [-0.39, 0.29) is 20.6 Å². The summed E-state index contributed by atoms with van der Waals surface area (Å²) in [5, 5.41) is 14.3. The number of halogens is 4. The third-order valence-corrected chi connectivity index (χ3v) is 5.16. The standard InChI is InChI=1S/C14H10ClF3N2O2S/c1-7-6-13(22,14(16,17)18)20(19-7)12(21)11-10(15)8-4-2-3-5-9(8)23-11/h2-5,22H,6H2,1H3/t13-/m1/s1. The summed E-state index contributed by atoms with van der Waals surface area (Å²) in [6.07, 6.45) is -5.82. The van der Waals surface area contributed by atoms with Crippen LogP contribution in [0.5, 0.6) is 0 Å². The number of thiophene rings is 1. The van der Waals surface area contributed by atoms with Crippen LogP contribution in [0.3, 0.4) is 0 Å². The van der Waals surface area contributed by atoms with E-state index in [0.717, 1.165) is 11.3 Å². The molecule has 122 valence electrons. The zero-order valence-electron chi connectivity index (χ0n) is 11.7. The molecule has 0 bridgehead atoms. The van der Waals surface area contributed by atoms with Crippen molar-refractivity contribution < 1.29 is 23.1 Å². The molecule has 3 rings (SSSR count). The topological polar surface area (TPSA) is 52.9 Å². The fraction of sp³-hybridized carbons (Fsp3) is 0.286. The van der Waals surface area contributed by atoms with Crippen molar-refractivity contribution in [1.82, 2.24) is 5.01 Å². The average Bonchev–Trinajstić information content (AvgIpc) is 2.96. The van der Waals surface area contributed by atoms with Crippen molar-refractivity contribution >= 4 is 44.6 Å². The summed E-state index contributed by atoms with van der Waals surface area (Å²) in [6.45, 7) is 1.32. The van der Waals surface area contributed by atoms with Gasteiger partial charge in [0, 0.05) is 22.2 Å². The van der Waals surface area contributed by atoms with Gasteiger partial charge in [-0.1, -0.05) is 29.8 Å². The number of carbonyl (C=O) groups is 1. The lowest BCUT2D eigenvalue weighted by atomic mass is 10.1. The summed E-state index contributed by atoms with van der Waals surface area (Å²) >= 11 is 7.09. The first-order chi connectivity index (χ1) is 10.6. The summed E-state index contributed by atoms with van der Waals surface area (Å²) in [6, 6.07) is 6.81. The lowest BCUT2D eigenvalue weighted by Gasteiger charge is -2.32. The quantitative estimate of drug-likeness (QED) is 0.832. The van der Waals surface area contributed by atoms with E-state index in [2.05, 4.69) is 5.10 Å². The molecule has 2 aromatic rings. The summed E-state index contributed by atoms with van der Waals surface area (Å²) in [5.74, 6) is -1.08. The number of alkyl halides is 3. The van der Waals surface area contributed by atoms with E-state index < -0.39 is 24.2 Å². The number of rotatable bonds is 1. The summed E-state index contributed by atoms with van der Waals surface area (Å²) in [4.78, 5) is 12.4. The predicted molar refractivity (Wildman–Crippen MR) is 81.7 cm³/mol. The highest BCUT2D eigenvalue weighted by atomic mass is 35.5. The molecule has 1 amide bonds. The molecule has 2 heterocycles. The Hall–Kier alpha value is -1.64. The maximum absolute atomic E-state index is 13.2. The van der Waals surface area contributed by atoms with Crippen LogP contribution in [-0.2, 0) is 0 Å². The van der Waals surface area contributed by atoms with E-state index in [1.807, 2.05) is 0 Å². The second kappa shape index (κ2) is 5.19. The summed E-state index contributed by atoms with van der Waals surface area (Å²) in [7, 11) is 0. The van der Waals surface area contributed by atoms with E-state index in [1.165, 1.54) is 6.92 Å². The van der Waals surface area contributed by atoms with Crippen LogP contribution in [0.25, 0.3) is 10.1 Å². The van der Waals surface area contributed by atoms with E-state index in [0.29, 0.717) is 10.1 Å². The first-order valence-corrected chi connectivity index (χ1v) is 7.69. The molecule has 1 aromatic carbocycles. The predicted octanol–water partition coefficient (Wildman–Crippen LogP) is 4.03. The zero-order valence-corrected chi connectivity index (χ0v) is 13.3. The number of benzene rings is 1. The second-order valence-electron chi connectivity index (χ2n) is 5.18. The number of hydrogen-bond acceptors (Lipinski definition) is 4. The minimum absolute atomic E-state index is 0.00964. The third-order valence-electron chi connectivity index (χ3n) is 3.50.